The Kier molecular flexibility index (Phi) is 4.63. The molecule has 1 aromatic carbocycles. The van der Waals surface area contributed by atoms with Crippen LogP contribution in [0.15, 0.2) is 29.6 Å². The molecular formula is C15H18N2O2S. The largest absolute Gasteiger partial charge is 0.497 e. The first-order valence-corrected chi connectivity index (χ1v) is 7.30. The summed E-state index contributed by atoms with van der Waals surface area (Å²) >= 11 is 1.66. The molecule has 0 saturated carbocycles. The zero-order chi connectivity index (χ0) is 14.5. The van der Waals surface area contributed by atoms with Crippen LogP contribution < -0.4 is 15.8 Å². The number of carbonyl (C=O) groups excluding carboxylic acids is 1. The minimum Gasteiger partial charge on any atom is -0.497 e. The maximum absolute atomic E-state index is 12.1. The molecule has 4 nitrogen and oxygen atoms in total. The van der Waals surface area contributed by atoms with E-state index in [2.05, 4.69) is 18.3 Å². The van der Waals surface area contributed by atoms with Gasteiger partial charge in [0.1, 0.15) is 5.75 Å². The second kappa shape index (κ2) is 6.43. The van der Waals surface area contributed by atoms with Gasteiger partial charge in [0.2, 0.25) is 0 Å². The number of amides is 1. The Balaban J connectivity index is 2.05. The van der Waals surface area contributed by atoms with Gasteiger partial charge in [0.25, 0.3) is 5.91 Å². The highest BCUT2D eigenvalue weighted by molar-refractivity contribution is 7.10. The van der Waals surface area contributed by atoms with E-state index in [0.717, 1.165) is 6.42 Å². The number of aryl methyl sites for hydroxylation is 1. The van der Waals surface area contributed by atoms with Crippen molar-refractivity contribution in [2.45, 2.75) is 19.9 Å². The molecule has 0 atom stereocenters. The van der Waals surface area contributed by atoms with Gasteiger partial charge < -0.3 is 15.8 Å². The number of nitrogen functional groups attached to an aromatic ring is 1. The lowest BCUT2D eigenvalue weighted by atomic mass is 10.1. The van der Waals surface area contributed by atoms with Gasteiger partial charge in [-0.1, -0.05) is 6.92 Å². The molecule has 0 unspecified atom stereocenters. The first-order chi connectivity index (χ1) is 9.65. The van der Waals surface area contributed by atoms with E-state index in [-0.39, 0.29) is 5.91 Å². The standard InChI is InChI=1S/C15H18N2O2S/c1-3-10-6-7-20-14(10)9-17-15(18)12-5-4-11(19-2)8-13(12)16/h4-8H,3,9,16H2,1-2H3,(H,17,18). The summed E-state index contributed by atoms with van der Waals surface area (Å²) in [6.45, 7) is 2.64. The Hall–Kier alpha value is -2.01. The highest BCUT2D eigenvalue weighted by atomic mass is 32.1. The lowest BCUT2D eigenvalue weighted by Gasteiger charge is -2.09. The Labute approximate surface area is 122 Å². The highest BCUT2D eigenvalue weighted by Gasteiger charge is 2.11. The Morgan fingerprint density at radius 3 is 2.85 bits per heavy atom. The van der Waals surface area contributed by atoms with Crippen molar-refractivity contribution in [3.63, 3.8) is 0 Å². The van der Waals surface area contributed by atoms with E-state index < -0.39 is 0 Å². The normalized spacial score (nSPS) is 10.3. The minimum absolute atomic E-state index is 0.166. The highest BCUT2D eigenvalue weighted by Crippen LogP contribution is 2.20. The monoisotopic (exact) mass is 290 g/mol. The van der Waals surface area contributed by atoms with Crippen LogP contribution >= 0.6 is 11.3 Å². The van der Waals surface area contributed by atoms with E-state index in [1.807, 2.05) is 5.38 Å². The van der Waals surface area contributed by atoms with Crippen LogP contribution in [0.3, 0.4) is 0 Å². The van der Waals surface area contributed by atoms with Gasteiger partial charge in [0.05, 0.1) is 19.2 Å². The van der Waals surface area contributed by atoms with Gasteiger partial charge in [-0.2, -0.15) is 0 Å². The Morgan fingerprint density at radius 2 is 2.20 bits per heavy atom. The van der Waals surface area contributed by atoms with E-state index >= 15 is 0 Å². The molecule has 0 saturated heterocycles. The molecule has 0 radical (unpaired) electrons. The fraction of sp³-hybridized carbons (Fsp3) is 0.267. The van der Waals surface area contributed by atoms with Crippen LogP contribution in [0.5, 0.6) is 5.75 Å². The molecule has 1 aromatic heterocycles. The molecule has 1 heterocycles. The summed E-state index contributed by atoms with van der Waals surface area (Å²) in [4.78, 5) is 13.3. The number of carbonyl (C=O) groups is 1. The van der Waals surface area contributed by atoms with Gasteiger partial charge in [-0.15, -0.1) is 11.3 Å². The summed E-state index contributed by atoms with van der Waals surface area (Å²) in [7, 11) is 1.57. The molecule has 0 aliphatic carbocycles. The molecule has 2 rings (SSSR count). The van der Waals surface area contributed by atoms with Gasteiger partial charge >= 0.3 is 0 Å². The lowest BCUT2D eigenvalue weighted by Crippen LogP contribution is -2.23. The molecular weight excluding hydrogens is 272 g/mol. The summed E-state index contributed by atoms with van der Waals surface area (Å²) in [5.74, 6) is 0.478. The van der Waals surface area contributed by atoms with Gasteiger partial charge in [-0.3, -0.25) is 4.79 Å². The SMILES string of the molecule is CCc1ccsc1CNC(=O)c1ccc(OC)cc1N. The fourth-order valence-corrected chi connectivity index (χ4v) is 2.88. The number of nitrogens with two attached hydrogens (primary N) is 1. The van der Waals surface area contributed by atoms with Crippen LogP contribution in [-0.2, 0) is 13.0 Å². The lowest BCUT2D eigenvalue weighted by molar-refractivity contribution is 0.0952. The predicted molar refractivity (Wildman–Crippen MR) is 82.3 cm³/mol. The summed E-state index contributed by atoms with van der Waals surface area (Å²) in [5, 5.41) is 4.95. The van der Waals surface area contributed by atoms with Crippen molar-refractivity contribution < 1.29 is 9.53 Å². The molecule has 0 fully saturated rings. The van der Waals surface area contributed by atoms with Gasteiger partial charge in [0.15, 0.2) is 0 Å². The zero-order valence-corrected chi connectivity index (χ0v) is 12.4. The number of ether oxygens (including phenoxy) is 1. The van der Waals surface area contributed by atoms with Crippen LogP contribution in [0, 0.1) is 0 Å². The quantitative estimate of drug-likeness (QED) is 0.832. The third-order valence-electron chi connectivity index (χ3n) is 3.13. The first kappa shape index (κ1) is 14.4. The number of thiophene rings is 1. The summed E-state index contributed by atoms with van der Waals surface area (Å²) in [6.07, 6.45) is 0.972. The average molecular weight is 290 g/mol. The van der Waals surface area contributed by atoms with Gasteiger partial charge in [-0.05, 0) is 35.6 Å². The van der Waals surface area contributed by atoms with E-state index in [4.69, 9.17) is 10.5 Å². The van der Waals surface area contributed by atoms with Crippen LogP contribution in [0.2, 0.25) is 0 Å². The van der Waals surface area contributed by atoms with Crippen LogP contribution in [-0.4, -0.2) is 13.0 Å². The van der Waals surface area contributed by atoms with Crippen molar-refractivity contribution in [1.29, 1.82) is 0 Å². The average Bonchev–Trinajstić information content (AvgIpc) is 2.92. The number of hydrogen-bond donors (Lipinski definition) is 2. The number of rotatable bonds is 5. The molecule has 2 aromatic rings. The second-order valence-corrected chi connectivity index (χ2v) is 5.36. The topological polar surface area (TPSA) is 64.3 Å². The fourth-order valence-electron chi connectivity index (χ4n) is 1.97. The van der Waals surface area contributed by atoms with Crippen molar-refractivity contribution in [2.75, 3.05) is 12.8 Å². The number of methoxy groups -OCH3 is 1. The van der Waals surface area contributed by atoms with E-state index in [1.54, 1.807) is 36.6 Å². The van der Waals surface area contributed by atoms with Gasteiger partial charge in [-0.25, -0.2) is 0 Å². The first-order valence-electron chi connectivity index (χ1n) is 6.42. The molecule has 5 heteroatoms. The van der Waals surface area contributed by atoms with Crippen LogP contribution in [0.4, 0.5) is 5.69 Å². The van der Waals surface area contributed by atoms with Crippen LogP contribution in [0.25, 0.3) is 0 Å². The number of anilines is 1. The van der Waals surface area contributed by atoms with Crippen molar-refractivity contribution >= 4 is 22.9 Å². The Morgan fingerprint density at radius 1 is 1.40 bits per heavy atom. The van der Waals surface area contributed by atoms with Gasteiger partial charge in [0, 0.05) is 16.6 Å². The molecule has 3 N–H and O–H groups in total. The minimum atomic E-state index is -0.166. The molecule has 1 amide bonds. The number of hydrogen-bond acceptors (Lipinski definition) is 4. The maximum Gasteiger partial charge on any atom is 0.253 e. The predicted octanol–water partition coefficient (Wildman–Crippen LogP) is 2.83. The van der Waals surface area contributed by atoms with E-state index in [1.165, 1.54) is 10.4 Å². The maximum atomic E-state index is 12.1. The number of benzene rings is 1. The molecule has 0 spiro atoms. The number of nitrogens with one attached hydrogen (secondary N) is 1. The van der Waals surface area contributed by atoms with E-state index in [9.17, 15) is 4.79 Å². The summed E-state index contributed by atoms with van der Waals surface area (Å²) in [5.41, 5.74) is 8.03. The molecule has 0 aliphatic rings. The summed E-state index contributed by atoms with van der Waals surface area (Å²) in [6, 6.07) is 7.15. The van der Waals surface area contributed by atoms with Crippen molar-refractivity contribution in [3.8, 4) is 5.75 Å². The van der Waals surface area contributed by atoms with Crippen molar-refractivity contribution in [3.05, 3.63) is 45.6 Å². The second-order valence-electron chi connectivity index (χ2n) is 4.36. The molecule has 20 heavy (non-hydrogen) atoms. The van der Waals surface area contributed by atoms with E-state index in [0.29, 0.717) is 23.5 Å². The zero-order valence-electron chi connectivity index (χ0n) is 11.6. The third-order valence-corrected chi connectivity index (χ3v) is 4.09. The molecule has 106 valence electrons. The van der Waals surface area contributed by atoms with Crippen molar-refractivity contribution in [1.82, 2.24) is 5.32 Å². The smallest absolute Gasteiger partial charge is 0.253 e. The molecule has 0 aliphatic heterocycles. The van der Waals surface area contributed by atoms with Crippen molar-refractivity contribution in [2.24, 2.45) is 0 Å². The van der Waals surface area contributed by atoms with Crippen LogP contribution in [0.1, 0.15) is 27.7 Å². The molecule has 0 bridgehead atoms. The third kappa shape index (κ3) is 3.11. The Bertz CT molecular complexity index is 608. The summed E-state index contributed by atoms with van der Waals surface area (Å²) < 4.78 is 5.07.